The average molecular weight is 461 g/mol. The number of alkyl halides is 3. The number of methoxy groups -OCH3 is 1. The molecule has 0 bridgehead atoms. The van der Waals surface area contributed by atoms with Gasteiger partial charge in [-0.3, -0.25) is 4.79 Å². The highest BCUT2D eigenvalue weighted by Crippen LogP contribution is 2.32. The number of carbonyl (C=O) groups excluding carboxylic acids is 1. The van der Waals surface area contributed by atoms with Gasteiger partial charge < -0.3 is 18.8 Å². The molecule has 174 valence electrons. The smallest absolute Gasteiger partial charge is 0.416 e. The molecule has 0 spiro atoms. The van der Waals surface area contributed by atoms with Crippen molar-refractivity contribution >= 4 is 5.91 Å². The molecular weight excluding hydrogens is 439 g/mol. The summed E-state index contributed by atoms with van der Waals surface area (Å²) in [6.45, 7) is 0.881. The largest absolute Gasteiger partial charge is 0.497 e. The number of hydrogen-bond donors (Lipinski definition) is 0. The number of aromatic nitrogens is 2. The Morgan fingerprint density at radius 2 is 1.91 bits per heavy atom. The highest BCUT2D eigenvalue weighted by atomic mass is 19.4. The summed E-state index contributed by atoms with van der Waals surface area (Å²) in [7, 11) is 1.55. The van der Waals surface area contributed by atoms with Crippen molar-refractivity contribution in [2.75, 3.05) is 26.8 Å². The number of hydrogen-bond acceptors (Lipinski definition) is 6. The maximum absolute atomic E-state index is 12.8. The average Bonchev–Trinajstić information content (AvgIpc) is 3.33. The summed E-state index contributed by atoms with van der Waals surface area (Å²) >= 11 is 0. The van der Waals surface area contributed by atoms with Crippen LogP contribution in [-0.4, -0.2) is 47.8 Å². The molecule has 1 atom stereocenters. The van der Waals surface area contributed by atoms with E-state index in [1.54, 1.807) is 36.3 Å². The fraction of sp³-hybridized carbons (Fsp3) is 0.348. The molecular formula is C23H22F3N3O4. The molecule has 1 aliphatic heterocycles. The third-order valence-corrected chi connectivity index (χ3v) is 5.43. The number of ether oxygens (including phenoxy) is 2. The Morgan fingerprint density at radius 3 is 2.64 bits per heavy atom. The summed E-state index contributed by atoms with van der Waals surface area (Å²) in [4.78, 5) is 14.3. The molecule has 7 nitrogen and oxygen atoms in total. The van der Waals surface area contributed by atoms with Gasteiger partial charge in [-0.1, -0.05) is 6.07 Å². The van der Waals surface area contributed by atoms with Crippen LogP contribution in [0.3, 0.4) is 0 Å². The van der Waals surface area contributed by atoms with Crippen LogP contribution in [0.5, 0.6) is 11.5 Å². The van der Waals surface area contributed by atoms with Gasteiger partial charge in [0.2, 0.25) is 11.8 Å². The topological polar surface area (TPSA) is 77.7 Å². The standard InChI is InChI=1S/C23H22F3N3O4/c1-31-18-5-2-6-19(12-18)32-14-20(30)29-11-3-4-16(13-29)22-28-27-21(33-22)15-7-9-17(10-8-15)23(24,25)26/h2,5-10,12,16H,3-4,11,13-14H2,1H3. The normalized spacial score (nSPS) is 16.5. The van der Waals surface area contributed by atoms with E-state index in [9.17, 15) is 18.0 Å². The summed E-state index contributed by atoms with van der Waals surface area (Å²) in [5, 5.41) is 8.05. The first-order valence-electron chi connectivity index (χ1n) is 10.4. The van der Waals surface area contributed by atoms with Crippen molar-refractivity contribution in [1.29, 1.82) is 0 Å². The van der Waals surface area contributed by atoms with Gasteiger partial charge in [-0.25, -0.2) is 0 Å². The van der Waals surface area contributed by atoms with E-state index < -0.39 is 11.7 Å². The van der Waals surface area contributed by atoms with Crippen LogP contribution >= 0.6 is 0 Å². The van der Waals surface area contributed by atoms with Gasteiger partial charge >= 0.3 is 6.18 Å². The van der Waals surface area contributed by atoms with Gasteiger partial charge in [0.1, 0.15) is 11.5 Å². The Hall–Kier alpha value is -3.56. The van der Waals surface area contributed by atoms with Crippen LogP contribution in [-0.2, 0) is 11.0 Å². The number of amides is 1. The zero-order valence-electron chi connectivity index (χ0n) is 17.8. The lowest BCUT2D eigenvalue weighted by atomic mass is 9.98. The van der Waals surface area contributed by atoms with Crippen molar-refractivity contribution in [3.8, 4) is 23.0 Å². The molecule has 33 heavy (non-hydrogen) atoms. The van der Waals surface area contributed by atoms with Crippen LogP contribution in [0.15, 0.2) is 52.9 Å². The van der Waals surface area contributed by atoms with Gasteiger partial charge in [0, 0.05) is 24.7 Å². The van der Waals surface area contributed by atoms with Crippen molar-refractivity contribution in [3.63, 3.8) is 0 Å². The van der Waals surface area contributed by atoms with E-state index in [4.69, 9.17) is 13.9 Å². The van der Waals surface area contributed by atoms with Crippen LogP contribution in [0.4, 0.5) is 13.2 Å². The monoisotopic (exact) mass is 461 g/mol. The van der Waals surface area contributed by atoms with E-state index in [-0.39, 0.29) is 24.3 Å². The van der Waals surface area contributed by atoms with E-state index in [0.29, 0.717) is 36.0 Å². The Kier molecular flexibility index (Phi) is 6.52. The zero-order valence-corrected chi connectivity index (χ0v) is 17.8. The van der Waals surface area contributed by atoms with E-state index in [1.807, 2.05) is 0 Å². The minimum absolute atomic E-state index is 0.111. The molecule has 1 aliphatic rings. The molecule has 1 amide bonds. The van der Waals surface area contributed by atoms with Crippen molar-refractivity contribution < 1.29 is 31.9 Å². The molecule has 0 saturated carbocycles. The van der Waals surface area contributed by atoms with Gasteiger partial charge in [-0.2, -0.15) is 13.2 Å². The van der Waals surface area contributed by atoms with E-state index in [0.717, 1.165) is 25.0 Å². The fourth-order valence-corrected chi connectivity index (χ4v) is 3.65. The van der Waals surface area contributed by atoms with Crippen LogP contribution in [0.2, 0.25) is 0 Å². The lowest BCUT2D eigenvalue weighted by molar-refractivity contribution is -0.137. The first-order chi connectivity index (χ1) is 15.8. The lowest BCUT2D eigenvalue weighted by Crippen LogP contribution is -2.41. The van der Waals surface area contributed by atoms with Crippen LogP contribution in [0.25, 0.3) is 11.5 Å². The summed E-state index contributed by atoms with van der Waals surface area (Å²) in [5.74, 6) is 1.35. The van der Waals surface area contributed by atoms with Crippen molar-refractivity contribution in [1.82, 2.24) is 15.1 Å². The number of benzene rings is 2. The number of rotatable bonds is 6. The highest BCUT2D eigenvalue weighted by molar-refractivity contribution is 5.78. The minimum atomic E-state index is -4.41. The molecule has 0 aliphatic carbocycles. The van der Waals surface area contributed by atoms with Gasteiger partial charge in [0.15, 0.2) is 6.61 Å². The molecule has 1 unspecified atom stereocenters. The quantitative estimate of drug-likeness (QED) is 0.536. The summed E-state index contributed by atoms with van der Waals surface area (Å²) in [5.41, 5.74) is -0.347. The summed E-state index contributed by atoms with van der Waals surface area (Å²) < 4.78 is 54.8. The van der Waals surface area contributed by atoms with Gasteiger partial charge in [0.05, 0.1) is 18.6 Å². The number of carbonyl (C=O) groups is 1. The lowest BCUT2D eigenvalue weighted by Gasteiger charge is -2.31. The van der Waals surface area contributed by atoms with E-state index >= 15 is 0 Å². The third kappa shape index (κ3) is 5.44. The molecule has 10 heteroatoms. The van der Waals surface area contributed by atoms with Gasteiger partial charge in [-0.15, -0.1) is 10.2 Å². The van der Waals surface area contributed by atoms with E-state index in [2.05, 4.69) is 10.2 Å². The Bertz CT molecular complexity index is 1100. The maximum Gasteiger partial charge on any atom is 0.416 e. The molecule has 0 radical (unpaired) electrons. The molecule has 1 fully saturated rings. The molecule has 4 rings (SSSR count). The molecule has 2 heterocycles. The maximum atomic E-state index is 12.8. The fourth-order valence-electron chi connectivity index (χ4n) is 3.65. The van der Waals surface area contributed by atoms with Gasteiger partial charge in [0.25, 0.3) is 5.91 Å². The first-order valence-corrected chi connectivity index (χ1v) is 10.4. The Labute approximate surface area is 188 Å². The van der Waals surface area contributed by atoms with E-state index in [1.165, 1.54) is 12.1 Å². The SMILES string of the molecule is COc1cccc(OCC(=O)N2CCCC(c3nnc(-c4ccc(C(F)(F)F)cc4)o3)C2)c1. The highest BCUT2D eigenvalue weighted by Gasteiger charge is 2.31. The molecule has 1 aromatic heterocycles. The van der Waals surface area contributed by atoms with Crippen molar-refractivity contribution in [3.05, 3.63) is 60.0 Å². The van der Waals surface area contributed by atoms with Crippen LogP contribution in [0.1, 0.15) is 30.2 Å². The van der Waals surface area contributed by atoms with Gasteiger partial charge in [-0.05, 0) is 49.2 Å². The van der Waals surface area contributed by atoms with Crippen molar-refractivity contribution in [2.45, 2.75) is 24.9 Å². The number of piperidine rings is 1. The summed E-state index contributed by atoms with van der Waals surface area (Å²) in [6, 6.07) is 11.6. The molecule has 3 aromatic rings. The van der Waals surface area contributed by atoms with Crippen LogP contribution < -0.4 is 9.47 Å². The second-order valence-electron chi connectivity index (χ2n) is 7.67. The molecule has 1 saturated heterocycles. The Morgan fingerprint density at radius 1 is 1.15 bits per heavy atom. The van der Waals surface area contributed by atoms with Crippen molar-refractivity contribution in [2.24, 2.45) is 0 Å². The minimum Gasteiger partial charge on any atom is -0.497 e. The second kappa shape index (κ2) is 9.51. The number of halogens is 3. The Balaban J connectivity index is 1.37. The summed E-state index contributed by atoms with van der Waals surface area (Å²) in [6.07, 6.45) is -2.89. The number of nitrogens with zero attached hydrogens (tertiary/aromatic N) is 3. The molecule has 0 N–H and O–H groups in total. The third-order valence-electron chi connectivity index (χ3n) is 5.43. The predicted molar refractivity (Wildman–Crippen MR) is 112 cm³/mol. The second-order valence-corrected chi connectivity index (χ2v) is 7.67. The van der Waals surface area contributed by atoms with Crippen LogP contribution in [0, 0.1) is 0 Å². The predicted octanol–water partition coefficient (Wildman–Crippen LogP) is 4.55. The molecule has 2 aromatic carbocycles. The number of likely N-dealkylation sites (tertiary alicyclic amines) is 1. The first kappa shape index (κ1) is 22.6. The zero-order chi connectivity index (χ0) is 23.4.